The molecule has 12 heteroatoms. The molecular weight excluding hydrogens is 371 g/mol. The Morgan fingerprint density at radius 2 is 1.88 bits per heavy atom. The monoisotopic (exact) mass is 381 g/mol. The number of esters is 1. The first-order valence-corrected chi connectivity index (χ1v) is 7.95. The first kappa shape index (κ1) is 18.6. The van der Waals surface area contributed by atoms with E-state index in [-0.39, 0.29) is 23.2 Å². The molecule has 0 saturated heterocycles. The van der Waals surface area contributed by atoms with Crippen molar-refractivity contribution in [3.8, 4) is 5.75 Å². The lowest BCUT2D eigenvalue weighted by Crippen LogP contribution is -2.28. The topological polar surface area (TPSA) is 112 Å². The van der Waals surface area contributed by atoms with Crippen molar-refractivity contribution in [2.24, 2.45) is 0 Å². The Morgan fingerprint density at radius 1 is 1.24 bits per heavy atom. The molecule has 0 fully saturated rings. The minimum atomic E-state index is -5.88. The van der Waals surface area contributed by atoms with Crippen LogP contribution >= 0.6 is 0 Å². The number of ether oxygens (including phenoxy) is 1. The lowest BCUT2D eigenvalue weighted by Gasteiger charge is -2.09. The Morgan fingerprint density at radius 3 is 2.40 bits per heavy atom. The number of carboxylic acid groups (broad SMARTS) is 1. The largest absolute Gasteiger partial charge is 0.534 e. The summed E-state index contributed by atoms with van der Waals surface area (Å²) in [6.07, 6.45) is -1.53. The summed E-state index contributed by atoms with van der Waals surface area (Å²) in [5.41, 5.74) is -6.07. The van der Waals surface area contributed by atoms with Crippen LogP contribution in [0.1, 0.15) is 17.4 Å². The molecule has 1 aromatic carbocycles. The van der Waals surface area contributed by atoms with Crippen molar-refractivity contribution in [3.05, 3.63) is 30.0 Å². The first-order chi connectivity index (χ1) is 11.5. The van der Waals surface area contributed by atoms with Crippen LogP contribution < -0.4 is 4.18 Å². The highest BCUT2D eigenvalue weighted by Gasteiger charge is 2.48. The van der Waals surface area contributed by atoms with Gasteiger partial charge in [-0.05, 0) is 31.2 Å². The zero-order valence-corrected chi connectivity index (χ0v) is 13.2. The maximum atomic E-state index is 12.3. The van der Waals surface area contributed by atoms with Crippen LogP contribution in [0.4, 0.5) is 18.0 Å². The molecule has 0 aliphatic carbocycles. The summed E-state index contributed by atoms with van der Waals surface area (Å²) in [6.45, 7) is 1.47. The number of fused-ring (bicyclic) bond motifs is 1. The van der Waals surface area contributed by atoms with E-state index in [0.717, 1.165) is 24.3 Å². The Kier molecular flexibility index (Phi) is 4.66. The van der Waals surface area contributed by atoms with Crippen molar-refractivity contribution in [1.82, 2.24) is 4.57 Å². The summed E-state index contributed by atoms with van der Waals surface area (Å²) < 4.78 is 68.3. The third kappa shape index (κ3) is 3.52. The Bertz CT molecular complexity index is 946. The van der Waals surface area contributed by atoms with Crippen LogP contribution in [0.5, 0.6) is 5.75 Å². The van der Waals surface area contributed by atoms with Crippen molar-refractivity contribution >= 4 is 33.1 Å². The second kappa shape index (κ2) is 6.27. The van der Waals surface area contributed by atoms with Gasteiger partial charge in [0.2, 0.25) is 0 Å². The summed E-state index contributed by atoms with van der Waals surface area (Å²) in [6, 6.07) is 3.74. The van der Waals surface area contributed by atoms with Crippen molar-refractivity contribution in [2.45, 2.75) is 12.4 Å². The lowest BCUT2D eigenvalue weighted by molar-refractivity contribution is -0.0500. The van der Waals surface area contributed by atoms with Crippen LogP contribution in [0.3, 0.4) is 0 Å². The number of alkyl halides is 3. The van der Waals surface area contributed by atoms with E-state index in [0.29, 0.717) is 4.57 Å². The molecule has 1 aromatic heterocycles. The normalized spacial score (nSPS) is 12.2. The van der Waals surface area contributed by atoms with Crippen LogP contribution in [0.15, 0.2) is 24.3 Å². The third-order valence-electron chi connectivity index (χ3n) is 2.94. The fraction of sp³-hybridized carbons (Fsp3) is 0.231. The maximum Gasteiger partial charge on any atom is 0.534 e. The Balaban J connectivity index is 2.55. The number of hydrogen-bond acceptors (Lipinski definition) is 6. The third-order valence-corrected chi connectivity index (χ3v) is 3.92. The van der Waals surface area contributed by atoms with E-state index < -0.39 is 33.4 Å². The van der Waals surface area contributed by atoms with E-state index in [9.17, 15) is 36.3 Å². The standard InChI is InChI=1S/C13H10F3NO7S/c1-2-23-11(18)10-6-7-5-8(24-25(21,22)13(14,15)16)3-4-9(7)17(10)12(19)20/h3-6H,2H2,1H3,(H,19,20). The van der Waals surface area contributed by atoms with Gasteiger partial charge in [-0.25, -0.2) is 14.2 Å². The molecule has 0 amide bonds. The van der Waals surface area contributed by atoms with Gasteiger partial charge in [-0.1, -0.05) is 0 Å². The van der Waals surface area contributed by atoms with Crippen molar-refractivity contribution in [1.29, 1.82) is 0 Å². The maximum absolute atomic E-state index is 12.3. The van der Waals surface area contributed by atoms with Crippen LogP contribution in [-0.2, 0) is 14.9 Å². The minimum Gasteiger partial charge on any atom is -0.464 e. The van der Waals surface area contributed by atoms with Crippen molar-refractivity contribution in [2.75, 3.05) is 6.61 Å². The minimum absolute atomic E-state index is 0.0275. The zero-order valence-electron chi connectivity index (χ0n) is 12.4. The molecular formula is C13H10F3NO7S. The van der Waals surface area contributed by atoms with Crippen LogP contribution in [0.25, 0.3) is 10.9 Å². The van der Waals surface area contributed by atoms with Gasteiger partial charge < -0.3 is 14.0 Å². The van der Waals surface area contributed by atoms with E-state index in [1.54, 1.807) is 0 Å². The number of nitrogens with zero attached hydrogens (tertiary/aromatic N) is 1. The number of carbonyl (C=O) groups is 2. The first-order valence-electron chi connectivity index (χ1n) is 6.54. The SMILES string of the molecule is CCOC(=O)c1cc2cc(OS(=O)(=O)C(F)(F)F)ccc2n1C(=O)O. The zero-order chi connectivity index (χ0) is 19.0. The number of carbonyl (C=O) groups excluding carboxylic acids is 1. The summed E-state index contributed by atoms with van der Waals surface area (Å²) in [5, 5.41) is 9.18. The van der Waals surface area contributed by atoms with Crippen molar-refractivity contribution < 1.29 is 45.2 Å². The summed E-state index contributed by atoms with van der Waals surface area (Å²) >= 11 is 0. The molecule has 0 aliphatic rings. The highest BCUT2D eigenvalue weighted by Crippen LogP contribution is 2.30. The molecule has 25 heavy (non-hydrogen) atoms. The predicted octanol–water partition coefficient (Wildman–Crippen LogP) is 2.57. The fourth-order valence-corrected chi connectivity index (χ4v) is 2.43. The summed E-state index contributed by atoms with van der Waals surface area (Å²) in [4.78, 5) is 23.1. The number of halogens is 3. The van der Waals surface area contributed by atoms with Gasteiger partial charge in [0.1, 0.15) is 11.4 Å². The van der Waals surface area contributed by atoms with Crippen LogP contribution in [0, 0.1) is 0 Å². The molecule has 8 nitrogen and oxygen atoms in total. The highest BCUT2D eigenvalue weighted by molar-refractivity contribution is 7.88. The molecule has 0 saturated carbocycles. The van der Waals surface area contributed by atoms with Gasteiger partial charge in [-0.15, -0.1) is 0 Å². The Hall–Kier alpha value is -2.76. The van der Waals surface area contributed by atoms with E-state index in [1.165, 1.54) is 6.92 Å². The molecule has 0 atom stereocenters. The molecule has 0 aliphatic heterocycles. The quantitative estimate of drug-likeness (QED) is 0.492. The molecule has 0 spiro atoms. The van der Waals surface area contributed by atoms with Gasteiger partial charge in [0.05, 0.1) is 12.1 Å². The number of rotatable bonds is 4. The Labute approximate surface area is 138 Å². The molecule has 136 valence electrons. The number of benzene rings is 1. The van der Waals surface area contributed by atoms with Crippen molar-refractivity contribution in [3.63, 3.8) is 0 Å². The number of aromatic nitrogens is 1. The predicted molar refractivity (Wildman–Crippen MR) is 76.9 cm³/mol. The molecule has 1 N–H and O–H groups in total. The molecule has 2 aromatic rings. The fourth-order valence-electron chi connectivity index (χ4n) is 1.98. The van der Waals surface area contributed by atoms with E-state index in [4.69, 9.17) is 4.74 Å². The van der Waals surface area contributed by atoms with E-state index in [1.807, 2.05) is 0 Å². The van der Waals surface area contributed by atoms with Gasteiger partial charge in [-0.2, -0.15) is 21.6 Å². The molecule has 0 unspecified atom stereocenters. The van der Waals surface area contributed by atoms with Crippen LogP contribution in [0.2, 0.25) is 0 Å². The molecule has 2 rings (SSSR count). The van der Waals surface area contributed by atoms with Gasteiger partial charge in [-0.3, -0.25) is 0 Å². The smallest absolute Gasteiger partial charge is 0.464 e. The summed E-state index contributed by atoms with van der Waals surface area (Å²) in [5.74, 6) is -1.66. The average molecular weight is 381 g/mol. The van der Waals surface area contributed by atoms with E-state index >= 15 is 0 Å². The molecule has 0 bridgehead atoms. The van der Waals surface area contributed by atoms with Gasteiger partial charge in [0.15, 0.2) is 0 Å². The second-order valence-corrected chi connectivity index (χ2v) is 6.11. The van der Waals surface area contributed by atoms with E-state index in [2.05, 4.69) is 4.18 Å². The highest BCUT2D eigenvalue weighted by atomic mass is 32.2. The molecule has 1 heterocycles. The number of hydrogen-bond donors (Lipinski definition) is 1. The summed E-state index contributed by atoms with van der Waals surface area (Å²) in [7, 11) is -5.88. The van der Waals surface area contributed by atoms with Gasteiger partial charge in [0, 0.05) is 5.39 Å². The lowest BCUT2D eigenvalue weighted by atomic mass is 10.2. The van der Waals surface area contributed by atoms with Crippen LogP contribution in [-0.4, -0.2) is 42.3 Å². The second-order valence-electron chi connectivity index (χ2n) is 4.57. The average Bonchev–Trinajstić information content (AvgIpc) is 2.84. The molecule has 0 radical (unpaired) electrons. The van der Waals surface area contributed by atoms with Gasteiger partial charge >= 0.3 is 27.7 Å². The van der Waals surface area contributed by atoms with Gasteiger partial charge in [0.25, 0.3) is 0 Å².